The molecule has 0 saturated carbocycles. The lowest BCUT2D eigenvalue weighted by atomic mass is 10.0. The molecule has 1 aromatic carbocycles. The highest BCUT2D eigenvalue weighted by Gasteiger charge is 2.16. The van der Waals surface area contributed by atoms with Crippen LogP contribution in [0.2, 0.25) is 0 Å². The molecule has 0 aromatic heterocycles. The molecule has 5 N–H and O–H groups in total. The van der Waals surface area contributed by atoms with E-state index >= 15 is 0 Å². The van der Waals surface area contributed by atoms with Crippen molar-refractivity contribution in [2.45, 2.75) is 26.3 Å². The summed E-state index contributed by atoms with van der Waals surface area (Å²) in [6.07, 6.45) is 0.779. The molecule has 0 aliphatic heterocycles. The van der Waals surface area contributed by atoms with Crippen molar-refractivity contribution in [1.82, 2.24) is 5.32 Å². The van der Waals surface area contributed by atoms with Crippen LogP contribution in [0, 0.1) is 5.92 Å². The number of phenols is 2. The predicted octanol–water partition coefficient (Wildman–Crippen LogP) is 1.20. The molecule has 5 heteroatoms. The Labute approximate surface area is 107 Å². The summed E-state index contributed by atoms with van der Waals surface area (Å²) in [5, 5.41) is 21.5. The number of aromatic hydroxyl groups is 2. The number of carbonyl (C=O) groups is 1. The molecule has 1 amide bonds. The monoisotopic (exact) mass is 252 g/mol. The van der Waals surface area contributed by atoms with Gasteiger partial charge >= 0.3 is 0 Å². The van der Waals surface area contributed by atoms with E-state index in [4.69, 9.17) is 10.8 Å². The van der Waals surface area contributed by atoms with Gasteiger partial charge in [-0.3, -0.25) is 4.79 Å². The van der Waals surface area contributed by atoms with E-state index in [1.54, 1.807) is 0 Å². The van der Waals surface area contributed by atoms with E-state index in [9.17, 15) is 9.90 Å². The number of nitrogens with one attached hydrogen (secondary N) is 1. The van der Waals surface area contributed by atoms with Crippen molar-refractivity contribution >= 4 is 5.91 Å². The molecule has 5 nitrogen and oxygen atoms in total. The summed E-state index contributed by atoms with van der Waals surface area (Å²) >= 11 is 0. The fourth-order valence-electron chi connectivity index (χ4n) is 1.76. The summed E-state index contributed by atoms with van der Waals surface area (Å²) in [6.45, 7) is 4.45. The Kier molecular flexibility index (Phi) is 4.97. The molecule has 1 aromatic rings. The standard InChI is InChI=1S/C13H20N2O3/c1-8(2)5-9(7-14)15-13(18)11-4-3-10(16)6-12(11)17/h3-4,6,8-9,16-17H,5,7,14H2,1-2H3,(H,15,18). The highest BCUT2D eigenvalue weighted by atomic mass is 16.3. The molecule has 0 bridgehead atoms. The molecule has 0 fully saturated rings. The van der Waals surface area contributed by atoms with Gasteiger partial charge in [-0.2, -0.15) is 0 Å². The van der Waals surface area contributed by atoms with Crippen LogP contribution in [0.3, 0.4) is 0 Å². The van der Waals surface area contributed by atoms with Crippen molar-refractivity contribution in [2.24, 2.45) is 11.7 Å². The van der Waals surface area contributed by atoms with Gasteiger partial charge in [-0.25, -0.2) is 0 Å². The average Bonchev–Trinajstić information content (AvgIpc) is 2.27. The van der Waals surface area contributed by atoms with Crippen LogP contribution in [0.1, 0.15) is 30.6 Å². The molecule has 0 spiro atoms. The quantitative estimate of drug-likeness (QED) is 0.633. The lowest BCUT2D eigenvalue weighted by molar-refractivity contribution is 0.0931. The van der Waals surface area contributed by atoms with Gasteiger partial charge in [0, 0.05) is 18.7 Å². The Hall–Kier alpha value is -1.75. The molecule has 0 aliphatic rings. The number of phenolic OH excluding ortho intramolecular Hbond substituents is 2. The van der Waals surface area contributed by atoms with Crippen LogP contribution in [-0.2, 0) is 0 Å². The van der Waals surface area contributed by atoms with E-state index in [-0.39, 0.29) is 29.0 Å². The molecule has 0 saturated heterocycles. The van der Waals surface area contributed by atoms with Gasteiger partial charge < -0.3 is 21.3 Å². The van der Waals surface area contributed by atoms with Crippen molar-refractivity contribution in [1.29, 1.82) is 0 Å². The Morgan fingerprint density at radius 2 is 2.06 bits per heavy atom. The van der Waals surface area contributed by atoms with E-state index < -0.39 is 0 Å². The van der Waals surface area contributed by atoms with Crippen LogP contribution in [0.25, 0.3) is 0 Å². The average molecular weight is 252 g/mol. The molecule has 18 heavy (non-hydrogen) atoms. The van der Waals surface area contributed by atoms with Crippen LogP contribution < -0.4 is 11.1 Å². The van der Waals surface area contributed by atoms with Crippen molar-refractivity contribution in [3.63, 3.8) is 0 Å². The second kappa shape index (κ2) is 6.26. The second-order valence-electron chi connectivity index (χ2n) is 4.74. The molecular weight excluding hydrogens is 232 g/mol. The smallest absolute Gasteiger partial charge is 0.255 e. The van der Waals surface area contributed by atoms with Gasteiger partial charge in [-0.15, -0.1) is 0 Å². The van der Waals surface area contributed by atoms with Crippen LogP contribution in [0.5, 0.6) is 11.5 Å². The molecule has 0 heterocycles. The Balaban J connectivity index is 2.74. The normalized spacial score (nSPS) is 12.4. The van der Waals surface area contributed by atoms with Gasteiger partial charge in [0.1, 0.15) is 11.5 Å². The third-order valence-electron chi connectivity index (χ3n) is 2.60. The van der Waals surface area contributed by atoms with Gasteiger partial charge in [-0.1, -0.05) is 13.8 Å². The maximum atomic E-state index is 11.9. The third-order valence-corrected chi connectivity index (χ3v) is 2.60. The van der Waals surface area contributed by atoms with E-state index in [2.05, 4.69) is 5.32 Å². The highest BCUT2D eigenvalue weighted by Crippen LogP contribution is 2.22. The Bertz CT molecular complexity index is 419. The van der Waals surface area contributed by atoms with E-state index in [1.165, 1.54) is 12.1 Å². The lowest BCUT2D eigenvalue weighted by Crippen LogP contribution is -2.41. The number of carbonyl (C=O) groups excluding carboxylic acids is 1. The van der Waals surface area contributed by atoms with Gasteiger partial charge in [0.05, 0.1) is 5.56 Å². The first kappa shape index (κ1) is 14.3. The molecule has 1 unspecified atom stereocenters. The van der Waals surface area contributed by atoms with Crippen molar-refractivity contribution in [3.8, 4) is 11.5 Å². The van der Waals surface area contributed by atoms with Crippen molar-refractivity contribution in [3.05, 3.63) is 23.8 Å². The molecule has 100 valence electrons. The first-order valence-corrected chi connectivity index (χ1v) is 5.97. The van der Waals surface area contributed by atoms with Gasteiger partial charge in [-0.05, 0) is 24.5 Å². The topological polar surface area (TPSA) is 95.6 Å². The largest absolute Gasteiger partial charge is 0.508 e. The number of hydrogen-bond acceptors (Lipinski definition) is 4. The van der Waals surface area contributed by atoms with Gasteiger partial charge in [0.25, 0.3) is 5.91 Å². The SMILES string of the molecule is CC(C)CC(CN)NC(=O)c1ccc(O)cc1O. The number of nitrogens with two attached hydrogens (primary N) is 1. The second-order valence-corrected chi connectivity index (χ2v) is 4.74. The minimum Gasteiger partial charge on any atom is -0.508 e. The van der Waals surface area contributed by atoms with Crippen molar-refractivity contribution in [2.75, 3.05) is 6.54 Å². The highest BCUT2D eigenvalue weighted by molar-refractivity contribution is 5.97. The molecule has 0 aliphatic carbocycles. The van der Waals surface area contributed by atoms with E-state index in [0.29, 0.717) is 12.5 Å². The van der Waals surface area contributed by atoms with E-state index in [1.807, 2.05) is 13.8 Å². The number of hydrogen-bond donors (Lipinski definition) is 4. The van der Waals surface area contributed by atoms with Crippen LogP contribution in [0.15, 0.2) is 18.2 Å². The fraction of sp³-hybridized carbons (Fsp3) is 0.462. The van der Waals surface area contributed by atoms with Crippen LogP contribution >= 0.6 is 0 Å². The fourth-order valence-corrected chi connectivity index (χ4v) is 1.76. The number of benzene rings is 1. The van der Waals surface area contributed by atoms with Crippen molar-refractivity contribution < 1.29 is 15.0 Å². The summed E-state index contributed by atoms with van der Waals surface area (Å²) in [4.78, 5) is 11.9. The maximum Gasteiger partial charge on any atom is 0.255 e. The zero-order valence-corrected chi connectivity index (χ0v) is 10.7. The first-order valence-electron chi connectivity index (χ1n) is 5.97. The summed E-state index contributed by atoms with van der Waals surface area (Å²) in [7, 11) is 0. The summed E-state index contributed by atoms with van der Waals surface area (Å²) in [5.41, 5.74) is 5.73. The molecule has 1 rings (SSSR count). The molecule has 0 radical (unpaired) electrons. The molecular formula is C13H20N2O3. The minimum absolute atomic E-state index is 0.0818. The molecule has 1 atom stereocenters. The zero-order valence-electron chi connectivity index (χ0n) is 10.7. The summed E-state index contributed by atoms with van der Waals surface area (Å²) < 4.78 is 0. The minimum atomic E-state index is -0.386. The number of rotatable bonds is 5. The van der Waals surface area contributed by atoms with Crippen LogP contribution in [0.4, 0.5) is 0 Å². The predicted molar refractivity (Wildman–Crippen MR) is 69.5 cm³/mol. The zero-order chi connectivity index (χ0) is 13.7. The lowest BCUT2D eigenvalue weighted by Gasteiger charge is -2.19. The van der Waals surface area contributed by atoms with Crippen LogP contribution in [-0.4, -0.2) is 28.7 Å². The summed E-state index contributed by atoms with van der Waals surface area (Å²) in [5.74, 6) is -0.287. The van der Waals surface area contributed by atoms with E-state index in [0.717, 1.165) is 12.5 Å². The number of amides is 1. The third kappa shape index (κ3) is 3.92. The first-order chi connectivity index (χ1) is 8.43. The summed E-state index contributed by atoms with van der Waals surface area (Å²) in [6, 6.07) is 3.75. The maximum absolute atomic E-state index is 11.9. The Morgan fingerprint density at radius 1 is 1.39 bits per heavy atom. The van der Waals surface area contributed by atoms with Gasteiger partial charge in [0.15, 0.2) is 0 Å². The Morgan fingerprint density at radius 3 is 2.56 bits per heavy atom. The van der Waals surface area contributed by atoms with Gasteiger partial charge in [0.2, 0.25) is 0 Å².